The van der Waals surface area contributed by atoms with Crippen molar-refractivity contribution in [3.8, 4) is 5.75 Å². The molecule has 104 valence electrons. The van der Waals surface area contributed by atoms with Gasteiger partial charge in [-0.05, 0) is 35.9 Å². The topological polar surface area (TPSA) is 9.23 Å². The van der Waals surface area contributed by atoms with Crippen LogP contribution in [0.15, 0.2) is 60.7 Å². The zero-order valence-electron chi connectivity index (χ0n) is 10.6. The van der Waals surface area contributed by atoms with E-state index in [1.165, 1.54) is 12.1 Å². The van der Waals surface area contributed by atoms with Gasteiger partial charge in [0, 0.05) is 0 Å². The first-order valence-electron chi connectivity index (χ1n) is 6.07. The number of hydrogen-bond acceptors (Lipinski definition) is 1. The molecule has 0 radical (unpaired) electrons. The number of alkyl halides is 3. The molecule has 0 aliphatic rings. The van der Waals surface area contributed by atoms with Crippen LogP contribution in [0.1, 0.15) is 11.1 Å². The number of hydrogen-bond donors (Lipinski definition) is 0. The van der Waals surface area contributed by atoms with Gasteiger partial charge in [0.05, 0.1) is 5.56 Å². The van der Waals surface area contributed by atoms with E-state index in [9.17, 15) is 13.2 Å². The van der Waals surface area contributed by atoms with Crippen LogP contribution in [-0.2, 0) is 6.18 Å². The number of benzene rings is 2. The summed E-state index contributed by atoms with van der Waals surface area (Å²) in [7, 11) is 0. The Morgan fingerprint density at radius 3 is 2.15 bits per heavy atom. The summed E-state index contributed by atoms with van der Waals surface area (Å²) in [5.41, 5.74) is 0.369. The maximum absolute atomic E-state index is 12.4. The molecule has 2 aromatic rings. The molecule has 1 nitrogen and oxygen atoms in total. The summed E-state index contributed by atoms with van der Waals surface area (Å²) in [6, 6.07) is 14.3. The summed E-state index contributed by atoms with van der Waals surface area (Å²) in [5, 5.41) is 0. The molecule has 0 aromatic heterocycles. The molecule has 0 atom stereocenters. The van der Waals surface area contributed by atoms with Gasteiger partial charge >= 0.3 is 6.18 Å². The Morgan fingerprint density at radius 1 is 0.900 bits per heavy atom. The third kappa shape index (κ3) is 4.16. The van der Waals surface area contributed by atoms with Crippen molar-refractivity contribution in [2.24, 2.45) is 0 Å². The molecule has 0 saturated carbocycles. The molecule has 2 rings (SSSR count). The fourth-order valence-electron chi connectivity index (χ4n) is 1.63. The summed E-state index contributed by atoms with van der Waals surface area (Å²) in [6.07, 6.45) is -0.608. The first-order chi connectivity index (χ1) is 9.55. The zero-order chi connectivity index (χ0) is 14.4. The smallest absolute Gasteiger partial charge is 0.416 e. The Hall–Kier alpha value is -2.23. The Bertz CT molecular complexity index is 557. The van der Waals surface area contributed by atoms with Crippen LogP contribution in [-0.4, -0.2) is 6.61 Å². The Kier molecular flexibility index (Phi) is 4.45. The molecule has 0 bridgehead atoms. The highest BCUT2D eigenvalue weighted by molar-refractivity contribution is 5.48. The quantitative estimate of drug-likeness (QED) is 0.780. The average molecular weight is 278 g/mol. The van der Waals surface area contributed by atoms with E-state index >= 15 is 0 Å². The summed E-state index contributed by atoms with van der Waals surface area (Å²) >= 11 is 0. The van der Waals surface area contributed by atoms with E-state index < -0.39 is 11.7 Å². The third-order valence-electron chi connectivity index (χ3n) is 2.64. The summed E-state index contributed by atoms with van der Waals surface area (Å²) in [5.74, 6) is 0.413. The van der Waals surface area contributed by atoms with Crippen molar-refractivity contribution in [1.82, 2.24) is 0 Å². The van der Waals surface area contributed by atoms with E-state index in [-0.39, 0.29) is 0 Å². The van der Waals surface area contributed by atoms with Crippen molar-refractivity contribution in [2.45, 2.75) is 6.18 Å². The highest BCUT2D eigenvalue weighted by Gasteiger charge is 2.29. The lowest BCUT2D eigenvalue weighted by molar-refractivity contribution is -0.137. The molecule has 0 aliphatic carbocycles. The molecule has 0 saturated heterocycles. The lowest BCUT2D eigenvalue weighted by Gasteiger charge is -2.07. The average Bonchev–Trinajstić information content (AvgIpc) is 2.44. The predicted molar refractivity (Wildman–Crippen MR) is 72.4 cm³/mol. The van der Waals surface area contributed by atoms with Crippen LogP contribution in [0.4, 0.5) is 13.2 Å². The van der Waals surface area contributed by atoms with Crippen molar-refractivity contribution in [2.75, 3.05) is 6.61 Å². The Labute approximate surface area is 115 Å². The maximum Gasteiger partial charge on any atom is 0.416 e. The van der Waals surface area contributed by atoms with Gasteiger partial charge in [-0.15, -0.1) is 0 Å². The van der Waals surface area contributed by atoms with Gasteiger partial charge in [0.25, 0.3) is 0 Å². The lowest BCUT2D eigenvalue weighted by Crippen LogP contribution is -2.04. The van der Waals surface area contributed by atoms with Gasteiger partial charge in [-0.3, -0.25) is 0 Å². The van der Waals surface area contributed by atoms with Gasteiger partial charge < -0.3 is 4.74 Å². The zero-order valence-corrected chi connectivity index (χ0v) is 10.6. The standard InChI is InChI=1S/C16H13F3O/c17-16(18,19)14-8-10-15(11-9-14)20-12-4-7-13-5-2-1-3-6-13/h1-11H,12H2/b7-4-. The minimum atomic E-state index is -4.31. The molecule has 0 fully saturated rings. The second kappa shape index (κ2) is 6.28. The van der Waals surface area contributed by atoms with E-state index in [1.54, 1.807) is 0 Å². The molecule has 2 aromatic carbocycles. The fraction of sp³-hybridized carbons (Fsp3) is 0.125. The maximum atomic E-state index is 12.4. The van der Waals surface area contributed by atoms with Crippen LogP contribution in [0.3, 0.4) is 0 Å². The predicted octanol–water partition coefficient (Wildman–Crippen LogP) is 4.80. The molecular weight excluding hydrogens is 265 g/mol. The Balaban J connectivity index is 1.87. The summed E-state index contributed by atoms with van der Waals surface area (Å²) < 4.78 is 42.4. The fourth-order valence-corrected chi connectivity index (χ4v) is 1.63. The number of halogens is 3. The van der Waals surface area contributed by atoms with Gasteiger partial charge in [0.15, 0.2) is 0 Å². The normalized spacial score (nSPS) is 11.8. The van der Waals surface area contributed by atoms with Crippen LogP contribution in [0.25, 0.3) is 6.08 Å². The molecule has 20 heavy (non-hydrogen) atoms. The van der Waals surface area contributed by atoms with Crippen LogP contribution in [0.5, 0.6) is 5.75 Å². The number of ether oxygens (including phenoxy) is 1. The second-order valence-corrected chi connectivity index (χ2v) is 4.15. The van der Waals surface area contributed by atoms with Crippen molar-refractivity contribution in [3.63, 3.8) is 0 Å². The molecule has 0 spiro atoms. The first-order valence-corrected chi connectivity index (χ1v) is 6.07. The van der Waals surface area contributed by atoms with E-state index in [1.807, 2.05) is 42.5 Å². The molecule has 0 heterocycles. The molecule has 0 unspecified atom stereocenters. The lowest BCUT2D eigenvalue weighted by atomic mass is 10.2. The van der Waals surface area contributed by atoms with Crippen molar-refractivity contribution >= 4 is 6.08 Å². The van der Waals surface area contributed by atoms with Crippen LogP contribution >= 0.6 is 0 Å². The molecule has 4 heteroatoms. The van der Waals surface area contributed by atoms with Gasteiger partial charge in [0.1, 0.15) is 12.4 Å². The minimum absolute atomic E-state index is 0.306. The molecule has 0 amide bonds. The van der Waals surface area contributed by atoms with Crippen molar-refractivity contribution < 1.29 is 17.9 Å². The highest BCUT2D eigenvalue weighted by Crippen LogP contribution is 2.30. The van der Waals surface area contributed by atoms with Gasteiger partial charge in [-0.1, -0.05) is 36.4 Å². The molecular formula is C16H13F3O. The molecule has 0 N–H and O–H groups in total. The van der Waals surface area contributed by atoms with E-state index in [4.69, 9.17) is 4.74 Å². The van der Waals surface area contributed by atoms with Crippen LogP contribution < -0.4 is 4.74 Å². The van der Waals surface area contributed by atoms with E-state index in [0.717, 1.165) is 17.7 Å². The monoisotopic (exact) mass is 278 g/mol. The van der Waals surface area contributed by atoms with Crippen molar-refractivity contribution in [3.05, 3.63) is 71.8 Å². The first kappa shape index (κ1) is 14.2. The second-order valence-electron chi connectivity index (χ2n) is 4.15. The van der Waals surface area contributed by atoms with Gasteiger partial charge in [-0.2, -0.15) is 13.2 Å². The van der Waals surface area contributed by atoms with Crippen LogP contribution in [0.2, 0.25) is 0 Å². The third-order valence-corrected chi connectivity index (χ3v) is 2.64. The number of rotatable bonds is 4. The van der Waals surface area contributed by atoms with E-state index in [2.05, 4.69) is 0 Å². The largest absolute Gasteiger partial charge is 0.490 e. The van der Waals surface area contributed by atoms with Crippen LogP contribution in [0, 0.1) is 0 Å². The highest BCUT2D eigenvalue weighted by atomic mass is 19.4. The van der Waals surface area contributed by atoms with Gasteiger partial charge in [0.2, 0.25) is 0 Å². The minimum Gasteiger partial charge on any atom is -0.490 e. The van der Waals surface area contributed by atoms with E-state index in [0.29, 0.717) is 12.4 Å². The molecule has 0 aliphatic heterocycles. The van der Waals surface area contributed by atoms with Crippen molar-refractivity contribution in [1.29, 1.82) is 0 Å². The van der Waals surface area contributed by atoms with Gasteiger partial charge in [-0.25, -0.2) is 0 Å². The Morgan fingerprint density at radius 2 is 1.55 bits per heavy atom. The SMILES string of the molecule is FC(F)(F)c1ccc(OC/C=C\c2ccccc2)cc1. The summed E-state index contributed by atoms with van der Waals surface area (Å²) in [4.78, 5) is 0. The summed E-state index contributed by atoms with van der Waals surface area (Å²) in [6.45, 7) is 0.306.